The van der Waals surface area contributed by atoms with Crippen molar-refractivity contribution in [3.63, 3.8) is 0 Å². The molecule has 0 unspecified atom stereocenters. The van der Waals surface area contributed by atoms with Crippen LogP contribution in [0.5, 0.6) is 5.75 Å². The van der Waals surface area contributed by atoms with Crippen molar-refractivity contribution < 1.29 is 5.11 Å². The van der Waals surface area contributed by atoms with Gasteiger partial charge in [0.05, 0.1) is 0 Å². The highest BCUT2D eigenvalue weighted by atomic mass is 16.3. The van der Waals surface area contributed by atoms with Crippen LogP contribution in [0.3, 0.4) is 0 Å². The number of nitrogens with one attached hydrogen (secondary N) is 1. The fourth-order valence-corrected chi connectivity index (χ4v) is 2.80. The molecule has 0 saturated heterocycles. The van der Waals surface area contributed by atoms with Crippen molar-refractivity contribution >= 4 is 11.6 Å². The van der Waals surface area contributed by atoms with Crippen LogP contribution in [-0.4, -0.2) is 20.1 Å². The molecule has 1 aromatic heterocycles. The highest BCUT2D eigenvalue weighted by Crippen LogP contribution is 2.32. The zero-order valence-electron chi connectivity index (χ0n) is 17.4. The summed E-state index contributed by atoms with van der Waals surface area (Å²) >= 11 is 0. The molecule has 5 nitrogen and oxygen atoms in total. The first-order valence-electron chi connectivity index (χ1n) is 9.44. The van der Waals surface area contributed by atoms with Crippen molar-refractivity contribution in [2.75, 3.05) is 5.32 Å². The second-order valence-corrected chi connectivity index (χ2v) is 9.10. The minimum atomic E-state index is 0.0357. The molecule has 2 N–H and O–H groups in total. The van der Waals surface area contributed by atoms with Gasteiger partial charge in [-0.1, -0.05) is 47.6 Å². The smallest absolute Gasteiger partial charge is 0.230 e. The van der Waals surface area contributed by atoms with E-state index in [2.05, 4.69) is 80.0 Å². The minimum absolute atomic E-state index is 0.0357. The van der Waals surface area contributed by atoms with E-state index in [4.69, 9.17) is 0 Å². The molecule has 0 atom stereocenters. The van der Waals surface area contributed by atoms with Crippen LogP contribution in [0, 0.1) is 0 Å². The summed E-state index contributed by atoms with van der Waals surface area (Å²) in [7, 11) is 0. The number of hydrogen-bond donors (Lipinski definition) is 2. The Morgan fingerprint density at radius 3 is 1.89 bits per heavy atom. The summed E-state index contributed by atoms with van der Waals surface area (Å²) in [6, 6.07) is 13.4. The van der Waals surface area contributed by atoms with Crippen LogP contribution < -0.4 is 5.32 Å². The maximum absolute atomic E-state index is 9.47. The molecular weight excluding hydrogens is 348 g/mol. The van der Waals surface area contributed by atoms with E-state index in [1.54, 1.807) is 24.3 Å². The number of phenols is 1. The van der Waals surface area contributed by atoms with Gasteiger partial charge in [0.2, 0.25) is 5.95 Å². The molecule has 0 radical (unpaired) electrons. The van der Waals surface area contributed by atoms with E-state index in [9.17, 15) is 5.11 Å². The molecule has 0 bridgehead atoms. The Bertz CT molecular complexity index is 935. The summed E-state index contributed by atoms with van der Waals surface area (Å²) in [4.78, 5) is 13.1. The second-order valence-electron chi connectivity index (χ2n) is 9.10. The fraction of sp³-hybridized carbons (Fsp3) is 0.348. The Labute approximate surface area is 166 Å². The Balaban J connectivity index is 1.97. The van der Waals surface area contributed by atoms with Crippen LogP contribution in [0.1, 0.15) is 52.7 Å². The SMILES string of the molecule is CC(C)(C)c1cc(Nc2ncnc(-c3ccc(O)cc3)n2)cc(C(C)(C)C)c1. The molecule has 0 aliphatic rings. The summed E-state index contributed by atoms with van der Waals surface area (Å²) < 4.78 is 0. The van der Waals surface area contributed by atoms with Gasteiger partial charge in [-0.05, 0) is 58.4 Å². The summed E-state index contributed by atoms with van der Waals surface area (Å²) in [6.07, 6.45) is 1.50. The Morgan fingerprint density at radius 1 is 0.786 bits per heavy atom. The average Bonchev–Trinajstić information content (AvgIpc) is 2.61. The number of aromatic nitrogens is 3. The number of anilines is 2. The van der Waals surface area contributed by atoms with Crippen molar-refractivity contribution in [1.82, 2.24) is 15.0 Å². The molecule has 0 aliphatic heterocycles. The van der Waals surface area contributed by atoms with E-state index in [0.717, 1.165) is 11.3 Å². The third kappa shape index (κ3) is 4.66. The lowest BCUT2D eigenvalue weighted by molar-refractivity contribution is 0.475. The summed E-state index contributed by atoms with van der Waals surface area (Å²) in [6.45, 7) is 13.3. The van der Waals surface area contributed by atoms with Crippen molar-refractivity contribution in [1.29, 1.82) is 0 Å². The van der Waals surface area contributed by atoms with Gasteiger partial charge < -0.3 is 10.4 Å². The third-order valence-corrected chi connectivity index (χ3v) is 4.62. The Kier molecular flexibility index (Phi) is 5.11. The van der Waals surface area contributed by atoms with Gasteiger partial charge >= 0.3 is 0 Å². The first-order valence-corrected chi connectivity index (χ1v) is 9.44. The monoisotopic (exact) mass is 376 g/mol. The number of aromatic hydroxyl groups is 1. The van der Waals surface area contributed by atoms with Crippen LogP contribution in [0.15, 0.2) is 48.8 Å². The maximum Gasteiger partial charge on any atom is 0.230 e. The average molecular weight is 377 g/mol. The second kappa shape index (κ2) is 7.23. The normalized spacial score (nSPS) is 12.1. The van der Waals surface area contributed by atoms with Gasteiger partial charge in [-0.2, -0.15) is 4.98 Å². The lowest BCUT2D eigenvalue weighted by Crippen LogP contribution is -2.17. The number of rotatable bonds is 3. The summed E-state index contributed by atoms with van der Waals surface area (Å²) in [5.41, 5.74) is 4.37. The number of nitrogens with zero attached hydrogens (tertiary/aromatic N) is 3. The molecule has 0 spiro atoms. The zero-order chi connectivity index (χ0) is 20.5. The lowest BCUT2D eigenvalue weighted by Gasteiger charge is -2.26. The van der Waals surface area contributed by atoms with Crippen LogP contribution >= 0.6 is 0 Å². The van der Waals surface area contributed by atoms with E-state index in [0.29, 0.717) is 11.8 Å². The molecule has 3 aromatic rings. The molecular formula is C23H28N4O. The van der Waals surface area contributed by atoms with E-state index >= 15 is 0 Å². The van der Waals surface area contributed by atoms with Crippen molar-refractivity contribution in [3.05, 3.63) is 59.9 Å². The van der Waals surface area contributed by atoms with Crippen molar-refractivity contribution in [3.8, 4) is 17.1 Å². The number of benzene rings is 2. The molecule has 2 aromatic carbocycles. The molecule has 0 saturated carbocycles. The predicted octanol–water partition coefficient (Wildman–Crippen LogP) is 5.58. The summed E-state index contributed by atoms with van der Waals surface area (Å²) in [5, 5.41) is 12.8. The zero-order valence-corrected chi connectivity index (χ0v) is 17.4. The molecule has 1 heterocycles. The van der Waals surface area contributed by atoms with Crippen molar-refractivity contribution in [2.24, 2.45) is 0 Å². The van der Waals surface area contributed by atoms with Crippen LogP contribution in [0.25, 0.3) is 11.4 Å². The van der Waals surface area contributed by atoms with Gasteiger partial charge in [0.25, 0.3) is 0 Å². The molecule has 0 aliphatic carbocycles. The van der Waals surface area contributed by atoms with Gasteiger partial charge in [-0.3, -0.25) is 0 Å². The van der Waals surface area contributed by atoms with Gasteiger partial charge in [-0.15, -0.1) is 0 Å². The number of phenolic OH excluding ortho intramolecular Hbond substituents is 1. The van der Waals surface area contributed by atoms with Crippen LogP contribution in [0.4, 0.5) is 11.6 Å². The van der Waals surface area contributed by atoms with E-state index in [1.165, 1.54) is 17.5 Å². The van der Waals surface area contributed by atoms with Crippen molar-refractivity contribution in [2.45, 2.75) is 52.4 Å². The first-order chi connectivity index (χ1) is 13.0. The van der Waals surface area contributed by atoms with Crippen LogP contribution in [-0.2, 0) is 10.8 Å². The molecule has 5 heteroatoms. The largest absolute Gasteiger partial charge is 0.508 e. The van der Waals surface area contributed by atoms with Gasteiger partial charge in [-0.25, -0.2) is 9.97 Å². The fourth-order valence-electron chi connectivity index (χ4n) is 2.80. The Hall–Kier alpha value is -2.95. The third-order valence-electron chi connectivity index (χ3n) is 4.62. The Morgan fingerprint density at radius 2 is 1.36 bits per heavy atom. The molecule has 146 valence electrons. The molecule has 0 amide bonds. The number of hydrogen-bond acceptors (Lipinski definition) is 5. The van der Waals surface area contributed by atoms with E-state index in [-0.39, 0.29) is 16.6 Å². The maximum atomic E-state index is 9.47. The van der Waals surface area contributed by atoms with Gasteiger partial charge in [0.1, 0.15) is 12.1 Å². The van der Waals surface area contributed by atoms with Gasteiger partial charge in [0.15, 0.2) is 5.82 Å². The van der Waals surface area contributed by atoms with E-state index in [1.807, 2.05) is 0 Å². The standard InChI is InChI=1S/C23H28N4O/c1-22(2,3)16-11-17(23(4,5)6)13-18(12-16)26-21-25-14-24-20(27-21)15-7-9-19(28)10-8-15/h7-14,28H,1-6H3,(H,24,25,26,27). The molecule has 3 rings (SSSR count). The first kappa shape index (κ1) is 19.8. The summed E-state index contributed by atoms with van der Waals surface area (Å²) in [5.74, 6) is 1.26. The molecule has 0 fully saturated rings. The van der Waals surface area contributed by atoms with Gasteiger partial charge in [0, 0.05) is 11.3 Å². The quantitative estimate of drug-likeness (QED) is 0.624. The highest BCUT2D eigenvalue weighted by Gasteiger charge is 2.20. The predicted molar refractivity (Wildman–Crippen MR) is 114 cm³/mol. The van der Waals surface area contributed by atoms with Crippen LogP contribution in [0.2, 0.25) is 0 Å². The van der Waals surface area contributed by atoms with E-state index < -0.39 is 0 Å². The minimum Gasteiger partial charge on any atom is -0.508 e. The lowest BCUT2D eigenvalue weighted by atomic mass is 9.80. The molecule has 28 heavy (non-hydrogen) atoms. The highest BCUT2D eigenvalue weighted by molar-refractivity contribution is 5.61. The topological polar surface area (TPSA) is 70.9 Å².